The molecule has 4 heteroatoms. The number of amides is 1. The summed E-state index contributed by atoms with van der Waals surface area (Å²) < 4.78 is 3.33. The first-order valence-corrected chi connectivity index (χ1v) is 10.1. The summed E-state index contributed by atoms with van der Waals surface area (Å²) >= 11 is 1.74. The summed E-state index contributed by atoms with van der Waals surface area (Å²) in [6.07, 6.45) is 2.45. The quantitative estimate of drug-likeness (QED) is 0.303. The molecule has 3 aromatic rings. The van der Waals surface area contributed by atoms with Crippen LogP contribution >= 0.6 is 11.9 Å². The Balaban J connectivity index is 1.61. The molecule has 3 nitrogen and oxygen atoms in total. The van der Waals surface area contributed by atoms with E-state index in [1.54, 1.807) is 11.9 Å². The largest absolute Gasteiger partial charge is 0.326 e. The highest BCUT2D eigenvalue weighted by molar-refractivity contribution is 7.97. The van der Waals surface area contributed by atoms with Gasteiger partial charge < -0.3 is 5.32 Å². The lowest BCUT2D eigenvalue weighted by atomic mass is 10.0. The summed E-state index contributed by atoms with van der Waals surface area (Å²) in [5.74, 6) is 0.0853. The maximum atomic E-state index is 12.3. The number of carbonyl (C=O) groups is 1. The molecule has 1 amide bonds. The molecule has 0 aliphatic rings. The first-order valence-electron chi connectivity index (χ1n) is 9.23. The number of rotatable bonds is 8. The van der Waals surface area contributed by atoms with Crippen molar-refractivity contribution in [1.82, 2.24) is 4.72 Å². The highest BCUT2D eigenvalue weighted by Crippen LogP contribution is 2.28. The fourth-order valence-electron chi connectivity index (χ4n) is 3.00. The van der Waals surface area contributed by atoms with Gasteiger partial charge in [0.05, 0.1) is 0 Å². The van der Waals surface area contributed by atoms with Crippen LogP contribution in [0.1, 0.15) is 33.1 Å². The first-order chi connectivity index (χ1) is 12.6. The van der Waals surface area contributed by atoms with E-state index in [1.807, 2.05) is 24.3 Å². The standard InChI is InChI=1S/C22H26N2OS/c1-16(2)26-23-13-6-5-12-22(25)24-21-11-7-10-19-14-17-8-3-4-9-18(17)15-20(19)21/h3-4,7-11,14-16,23H,5-6,12-13H2,1-2H3,(H,24,25). The number of nitrogens with one attached hydrogen (secondary N) is 2. The van der Waals surface area contributed by atoms with Crippen LogP contribution in [0.3, 0.4) is 0 Å². The fourth-order valence-corrected chi connectivity index (χ4v) is 3.59. The molecule has 0 radical (unpaired) electrons. The summed E-state index contributed by atoms with van der Waals surface area (Å²) in [4.78, 5) is 12.3. The Bertz CT molecular complexity index is 892. The van der Waals surface area contributed by atoms with Crippen molar-refractivity contribution >= 4 is 45.1 Å². The van der Waals surface area contributed by atoms with E-state index in [0.29, 0.717) is 11.7 Å². The summed E-state index contributed by atoms with van der Waals surface area (Å²) in [7, 11) is 0. The number of hydrogen-bond acceptors (Lipinski definition) is 3. The molecule has 0 fully saturated rings. The molecule has 26 heavy (non-hydrogen) atoms. The molecule has 2 N–H and O–H groups in total. The van der Waals surface area contributed by atoms with Crippen molar-refractivity contribution < 1.29 is 4.79 Å². The van der Waals surface area contributed by atoms with Gasteiger partial charge in [-0.3, -0.25) is 9.52 Å². The monoisotopic (exact) mass is 366 g/mol. The van der Waals surface area contributed by atoms with Gasteiger partial charge in [0.1, 0.15) is 0 Å². The molecule has 0 unspecified atom stereocenters. The van der Waals surface area contributed by atoms with Crippen LogP contribution < -0.4 is 10.0 Å². The molecule has 3 aromatic carbocycles. The van der Waals surface area contributed by atoms with Crippen molar-refractivity contribution in [2.45, 2.75) is 38.4 Å². The van der Waals surface area contributed by atoms with Gasteiger partial charge in [-0.05, 0) is 47.2 Å². The van der Waals surface area contributed by atoms with Crippen LogP contribution in [-0.4, -0.2) is 17.7 Å². The Morgan fingerprint density at radius 1 is 0.962 bits per heavy atom. The van der Waals surface area contributed by atoms with Gasteiger partial charge in [0.15, 0.2) is 0 Å². The molecule has 3 rings (SSSR count). The Morgan fingerprint density at radius 3 is 2.46 bits per heavy atom. The van der Waals surface area contributed by atoms with E-state index >= 15 is 0 Å². The Hall–Kier alpha value is -2.04. The molecular weight excluding hydrogens is 340 g/mol. The van der Waals surface area contributed by atoms with Crippen LogP contribution in [0.4, 0.5) is 5.69 Å². The number of hydrogen-bond donors (Lipinski definition) is 2. The molecule has 0 spiro atoms. The minimum atomic E-state index is 0.0853. The number of anilines is 1. The predicted octanol–water partition coefficient (Wildman–Crippen LogP) is 5.75. The smallest absolute Gasteiger partial charge is 0.224 e. The van der Waals surface area contributed by atoms with Crippen molar-refractivity contribution in [2.24, 2.45) is 0 Å². The maximum Gasteiger partial charge on any atom is 0.224 e. The average Bonchev–Trinajstić information content (AvgIpc) is 2.63. The third-order valence-corrected chi connectivity index (χ3v) is 5.11. The van der Waals surface area contributed by atoms with Gasteiger partial charge in [-0.1, -0.05) is 62.2 Å². The third-order valence-electron chi connectivity index (χ3n) is 4.27. The topological polar surface area (TPSA) is 41.1 Å². The lowest BCUT2D eigenvalue weighted by Crippen LogP contribution is -2.13. The minimum absolute atomic E-state index is 0.0853. The molecule has 0 saturated heterocycles. The Labute approximate surface area is 159 Å². The van der Waals surface area contributed by atoms with Crippen LogP contribution in [0.2, 0.25) is 0 Å². The van der Waals surface area contributed by atoms with E-state index in [9.17, 15) is 4.79 Å². The molecule has 0 aliphatic heterocycles. The highest BCUT2D eigenvalue weighted by Gasteiger charge is 2.07. The Morgan fingerprint density at radius 2 is 1.69 bits per heavy atom. The second-order valence-corrected chi connectivity index (χ2v) is 8.26. The zero-order valence-corrected chi connectivity index (χ0v) is 16.2. The summed E-state index contributed by atoms with van der Waals surface area (Å²) in [5.41, 5.74) is 0.895. The van der Waals surface area contributed by atoms with Gasteiger partial charge >= 0.3 is 0 Å². The second kappa shape index (κ2) is 9.06. The summed E-state index contributed by atoms with van der Waals surface area (Å²) in [6.45, 7) is 5.27. The molecule has 0 aromatic heterocycles. The van der Waals surface area contributed by atoms with Crippen molar-refractivity contribution in [1.29, 1.82) is 0 Å². The van der Waals surface area contributed by atoms with Crippen molar-refractivity contribution in [3.8, 4) is 0 Å². The highest BCUT2D eigenvalue weighted by atomic mass is 32.2. The van der Waals surface area contributed by atoms with E-state index in [-0.39, 0.29) is 5.91 Å². The van der Waals surface area contributed by atoms with Gasteiger partial charge in [-0.15, -0.1) is 0 Å². The molecule has 0 atom stereocenters. The van der Waals surface area contributed by atoms with Crippen molar-refractivity contribution in [3.63, 3.8) is 0 Å². The number of fused-ring (bicyclic) bond motifs is 2. The van der Waals surface area contributed by atoms with Crippen LogP contribution in [0.25, 0.3) is 21.5 Å². The van der Waals surface area contributed by atoms with E-state index in [4.69, 9.17) is 0 Å². The van der Waals surface area contributed by atoms with Crippen LogP contribution in [0.15, 0.2) is 54.6 Å². The first kappa shape index (κ1) is 18.7. The fraction of sp³-hybridized carbons (Fsp3) is 0.318. The zero-order valence-electron chi connectivity index (χ0n) is 15.4. The summed E-state index contributed by atoms with van der Waals surface area (Å²) in [6, 6.07) is 18.7. The number of unbranched alkanes of at least 4 members (excludes halogenated alkanes) is 1. The number of carbonyl (C=O) groups excluding carboxylic acids is 1. The Kier molecular flexibility index (Phi) is 6.53. The van der Waals surface area contributed by atoms with Gasteiger partial charge in [-0.25, -0.2) is 0 Å². The maximum absolute atomic E-state index is 12.3. The molecule has 0 saturated carbocycles. The lowest BCUT2D eigenvalue weighted by Gasteiger charge is -2.10. The van der Waals surface area contributed by atoms with Gasteiger partial charge in [-0.2, -0.15) is 0 Å². The van der Waals surface area contributed by atoms with E-state index in [0.717, 1.165) is 35.8 Å². The molecule has 0 aliphatic carbocycles. The molecule has 0 bridgehead atoms. The van der Waals surface area contributed by atoms with Gasteiger partial charge in [0.25, 0.3) is 0 Å². The predicted molar refractivity (Wildman–Crippen MR) is 115 cm³/mol. The van der Waals surface area contributed by atoms with E-state index < -0.39 is 0 Å². The molecule has 0 heterocycles. The van der Waals surface area contributed by atoms with Crippen molar-refractivity contribution in [2.75, 3.05) is 11.9 Å². The van der Waals surface area contributed by atoms with Crippen LogP contribution in [0.5, 0.6) is 0 Å². The van der Waals surface area contributed by atoms with Crippen LogP contribution in [-0.2, 0) is 4.79 Å². The normalized spacial score (nSPS) is 11.3. The minimum Gasteiger partial charge on any atom is -0.326 e. The second-order valence-electron chi connectivity index (χ2n) is 6.79. The molecular formula is C22H26N2OS. The number of benzene rings is 3. The third kappa shape index (κ3) is 4.99. The zero-order chi connectivity index (χ0) is 18.4. The van der Waals surface area contributed by atoms with Crippen molar-refractivity contribution in [3.05, 3.63) is 54.6 Å². The SMILES string of the molecule is CC(C)SNCCCCC(=O)Nc1cccc2cc3ccccc3cc12. The lowest BCUT2D eigenvalue weighted by molar-refractivity contribution is -0.116. The van der Waals surface area contributed by atoms with E-state index in [2.05, 4.69) is 54.2 Å². The summed E-state index contributed by atoms with van der Waals surface area (Å²) in [5, 5.41) is 8.33. The molecule has 136 valence electrons. The average molecular weight is 367 g/mol. The van der Waals surface area contributed by atoms with E-state index in [1.165, 1.54) is 10.8 Å². The van der Waals surface area contributed by atoms with Gasteiger partial charge in [0.2, 0.25) is 5.91 Å². The van der Waals surface area contributed by atoms with Gasteiger partial charge in [0, 0.05) is 29.3 Å². The van der Waals surface area contributed by atoms with Crippen LogP contribution in [0, 0.1) is 0 Å².